The molecule has 1 amide bonds. The average molecular weight is 291 g/mol. The van der Waals surface area contributed by atoms with Gasteiger partial charge in [0.05, 0.1) is 6.04 Å². The summed E-state index contributed by atoms with van der Waals surface area (Å²) in [4.78, 5) is 25.0. The van der Waals surface area contributed by atoms with Gasteiger partial charge in [-0.15, -0.1) is 0 Å². The lowest BCUT2D eigenvalue weighted by atomic mass is 9.94. The van der Waals surface area contributed by atoms with Crippen molar-refractivity contribution in [3.63, 3.8) is 0 Å². The van der Waals surface area contributed by atoms with Crippen LogP contribution in [-0.2, 0) is 14.3 Å². The van der Waals surface area contributed by atoms with Crippen LogP contribution in [0.15, 0.2) is 24.3 Å². The first kappa shape index (κ1) is 15.5. The Bertz CT molecular complexity index is 522. The van der Waals surface area contributed by atoms with E-state index in [0.717, 1.165) is 5.56 Å². The predicted molar refractivity (Wildman–Crippen MR) is 78.0 cm³/mol. The van der Waals surface area contributed by atoms with Gasteiger partial charge in [0.25, 0.3) is 0 Å². The quantitative estimate of drug-likeness (QED) is 0.923. The molecule has 0 spiro atoms. The molecule has 0 saturated carbocycles. The molecule has 2 atom stereocenters. The van der Waals surface area contributed by atoms with Crippen molar-refractivity contribution >= 4 is 11.9 Å². The summed E-state index contributed by atoms with van der Waals surface area (Å²) in [6.45, 7) is 6.33. The fourth-order valence-electron chi connectivity index (χ4n) is 2.67. The second-order valence-electron chi connectivity index (χ2n) is 5.52. The van der Waals surface area contributed by atoms with E-state index in [0.29, 0.717) is 12.5 Å². The first-order valence-corrected chi connectivity index (χ1v) is 7.19. The van der Waals surface area contributed by atoms with E-state index in [1.54, 1.807) is 4.90 Å². The van der Waals surface area contributed by atoms with Crippen molar-refractivity contribution in [2.45, 2.75) is 38.8 Å². The van der Waals surface area contributed by atoms with E-state index in [1.807, 2.05) is 31.2 Å². The molecule has 0 aromatic heterocycles. The van der Waals surface area contributed by atoms with Crippen molar-refractivity contribution in [3.8, 4) is 0 Å². The van der Waals surface area contributed by atoms with Gasteiger partial charge in [-0.3, -0.25) is 4.79 Å². The van der Waals surface area contributed by atoms with Crippen LogP contribution in [0.2, 0.25) is 0 Å². The van der Waals surface area contributed by atoms with E-state index in [4.69, 9.17) is 4.74 Å². The van der Waals surface area contributed by atoms with Crippen LogP contribution in [0.4, 0.5) is 0 Å². The molecule has 1 fully saturated rings. The molecule has 1 aliphatic heterocycles. The van der Waals surface area contributed by atoms with Crippen molar-refractivity contribution in [2.24, 2.45) is 0 Å². The van der Waals surface area contributed by atoms with Crippen LogP contribution in [0.3, 0.4) is 0 Å². The zero-order valence-electron chi connectivity index (χ0n) is 12.6. The Labute approximate surface area is 124 Å². The molecule has 5 nitrogen and oxygen atoms in total. The summed E-state index contributed by atoms with van der Waals surface area (Å²) in [5, 5.41) is 9.35. The summed E-state index contributed by atoms with van der Waals surface area (Å²) in [6, 6.07) is 7.16. The fourth-order valence-corrected chi connectivity index (χ4v) is 2.67. The number of carbonyl (C=O) groups excluding carboxylic acids is 1. The van der Waals surface area contributed by atoms with Gasteiger partial charge in [0, 0.05) is 6.54 Å². The molecule has 1 aromatic rings. The highest BCUT2D eigenvalue weighted by molar-refractivity contribution is 5.83. The summed E-state index contributed by atoms with van der Waals surface area (Å²) in [6.07, 6.45) is -1.02. The molecule has 2 unspecified atom stereocenters. The Hall–Kier alpha value is -1.88. The number of benzene rings is 1. The van der Waals surface area contributed by atoms with Crippen molar-refractivity contribution in [1.29, 1.82) is 0 Å². The Morgan fingerprint density at radius 3 is 2.48 bits per heavy atom. The van der Waals surface area contributed by atoms with E-state index in [2.05, 4.69) is 13.8 Å². The van der Waals surface area contributed by atoms with Gasteiger partial charge in [-0.1, -0.05) is 38.1 Å². The largest absolute Gasteiger partial charge is 0.479 e. The Kier molecular flexibility index (Phi) is 4.63. The second-order valence-corrected chi connectivity index (χ2v) is 5.52. The third-order valence-corrected chi connectivity index (χ3v) is 3.86. The Morgan fingerprint density at radius 2 is 2.00 bits per heavy atom. The number of amides is 1. The molecule has 1 heterocycles. The number of hydrogen-bond acceptors (Lipinski definition) is 3. The lowest BCUT2D eigenvalue weighted by molar-refractivity contribution is -0.172. The first-order chi connectivity index (χ1) is 9.95. The van der Waals surface area contributed by atoms with E-state index in [-0.39, 0.29) is 12.5 Å². The van der Waals surface area contributed by atoms with Gasteiger partial charge < -0.3 is 14.7 Å². The van der Waals surface area contributed by atoms with Crippen molar-refractivity contribution in [1.82, 2.24) is 4.90 Å². The number of aliphatic carboxylic acids is 1. The number of nitrogens with zero attached hydrogens (tertiary/aromatic N) is 1. The van der Waals surface area contributed by atoms with Gasteiger partial charge >= 0.3 is 5.97 Å². The maximum absolute atomic E-state index is 12.0. The van der Waals surface area contributed by atoms with Crippen LogP contribution in [0.25, 0.3) is 0 Å². The van der Waals surface area contributed by atoms with Gasteiger partial charge in [0.1, 0.15) is 6.61 Å². The molecular weight excluding hydrogens is 270 g/mol. The lowest BCUT2D eigenvalue weighted by Gasteiger charge is -2.39. The van der Waals surface area contributed by atoms with Gasteiger partial charge in [-0.2, -0.15) is 0 Å². The highest BCUT2D eigenvalue weighted by Gasteiger charge is 2.41. The van der Waals surface area contributed by atoms with E-state index < -0.39 is 18.1 Å². The zero-order chi connectivity index (χ0) is 15.6. The van der Waals surface area contributed by atoms with Crippen molar-refractivity contribution in [2.75, 3.05) is 13.2 Å². The number of ether oxygens (including phenoxy) is 1. The molecule has 5 heteroatoms. The van der Waals surface area contributed by atoms with Crippen molar-refractivity contribution in [3.05, 3.63) is 35.4 Å². The fraction of sp³-hybridized carbons (Fsp3) is 0.500. The SMILES string of the molecule is CCN1C(=O)COC(C(=O)O)C1c1ccc(C(C)C)cc1. The van der Waals surface area contributed by atoms with Crippen LogP contribution in [0.1, 0.15) is 43.9 Å². The molecule has 2 rings (SSSR count). The van der Waals surface area contributed by atoms with E-state index in [1.165, 1.54) is 5.56 Å². The number of morpholine rings is 1. The molecule has 1 aromatic carbocycles. The molecule has 1 saturated heterocycles. The van der Waals surface area contributed by atoms with Crippen molar-refractivity contribution < 1.29 is 19.4 Å². The van der Waals surface area contributed by atoms with Gasteiger partial charge in [-0.05, 0) is 24.0 Å². The maximum Gasteiger partial charge on any atom is 0.335 e. The number of rotatable bonds is 4. The molecule has 0 bridgehead atoms. The molecular formula is C16H21NO4. The van der Waals surface area contributed by atoms with Crippen LogP contribution in [0.5, 0.6) is 0 Å². The second kappa shape index (κ2) is 6.26. The summed E-state index contributed by atoms with van der Waals surface area (Å²) in [5.74, 6) is -0.812. The number of hydrogen-bond donors (Lipinski definition) is 1. The molecule has 1 aliphatic rings. The lowest BCUT2D eigenvalue weighted by Crippen LogP contribution is -2.51. The molecule has 114 valence electrons. The van der Waals surface area contributed by atoms with Crippen LogP contribution in [-0.4, -0.2) is 41.1 Å². The first-order valence-electron chi connectivity index (χ1n) is 7.19. The van der Waals surface area contributed by atoms with E-state index >= 15 is 0 Å². The average Bonchev–Trinajstić information content (AvgIpc) is 2.46. The summed E-state index contributed by atoms with van der Waals surface area (Å²) >= 11 is 0. The Morgan fingerprint density at radius 1 is 1.38 bits per heavy atom. The summed E-state index contributed by atoms with van der Waals surface area (Å²) in [5.41, 5.74) is 1.97. The van der Waals surface area contributed by atoms with Gasteiger partial charge in [0.15, 0.2) is 6.10 Å². The third-order valence-electron chi connectivity index (χ3n) is 3.86. The molecule has 1 N–H and O–H groups in total. The number of carboxylic acid groups (broad SMARTS) is 1. The van der Waals surface area contributed by atoms with Gasteiger partial charge in [0.2, 0.25) is 5.91 Å². The highest BCUT2D eigenvalue weighted by atomic mass is 16.5. The van der Waals surface area contributed by atoms with E-state index in [9.17, 15) is 14.7 Å². The summed E-state index contributed by atoms with van der Waals surface area (Å²) in [7, 11) is 0. The number of carboxylic acids is 1. The molecule has 21 heavy (non-hydrogen) atoms. The topological polar surface area (TPSA) is 66.8 Å². The number of likely N-dealkylation sites (N-methyl/N-ethyl adjacent to an activating group) is 1. The van der Waals surface area contributed by atoms with Gasteiger partial charge in [-0.25, -0.2) is 4.79 Å². The minimum Gasteiger partial charge on any atom is -0.479 e. The monoisotopic (exact) mass is 291 g/mol. The van der Waals surface area contributed by atoms with Crippen LogP contribution >= 0.6 is 0 Å². The standard InChI is InChI=1S/C16H21NO4/c1-4-17-13(18)9-21-15(16(19)20)14(17)12-7-5-11(6-8-12)10(2)3/h5-8,10,14-15H,4,9H2,1-3H3,(H,19,20). The summed E-state index contributed by atoms with van der Waals surface area (Å²) < 4.78 is 5.24. The highest BCUT2D eigenvalue weighted by Crippen LogP contribution is 2.31. The minimum atomic E-state index is -1.04. The number of carbonyl (C=O) groups is 2. The molecule has 0 radical (unpaired) electrons. The minimum absolute atomic E-state index is 0.173. The Balaban J connectivity index is 2.38. The molecule has 0 aliphatic carbocycles. The van der Waals surface area contributed by atoms with Crippen LogP contribution < -0.4 is 0 Å². The predicted octanol–water partition coefficient (Wildman–Crippen LogP) is 2.18. The van der Waals surface area contributed by atoms with Crippen LogP contribution in [0, 0.1) is 0 Å². The smallest absolute Gasteiger partial charge is 0.335 e. The zero-order valence-corrected chi connectivity index (χ0v) is 12.6. The normalized spacial score (nSPS) is 22.7. The third kappa shape index (κ3) is 3.08. The maximum atomic E-state index is 12.0.